The minimum Gasteiger partial charge on any atom is -0.337 e. The summed E-state index contributed by atoms with van der Waals surface area (Å²) in [7, 11) is 0. The predicted molar refractivity (Wildman–Crippen MR) is 93.7 cm³/mol. The quantitative estimate of drug-likeness (QED) is 0.595. The molecule has 0 unspecified atom stereocenters. The fourth-order valence-corrected chi connectivity index (χ4v) is 2.92. The van der Waals surface area contributed by atoms with E-state index in [1.165, 1.54) is 24.3 Å². The van der Waals surface area contributed by atoms with Gasteiger partial charge in [-0.1, -0.05) is 12.1 Å². The smallest absolute Gasteiger partial charge is 0.126 e. The third-order valence-electron chi connectivity index (χ3n) is 4.10. The molecule has 26 heavy (non-hydrogen) atoms. The van der Waals surface area contributed by atoms with Crippen LogP contribution in [-0.2, 0) is 19.6 Å². The van der Waals surface area contributed by atoms with Gasteiger partial charge in [0, 0.05) is 44.6 Å². The van der Waals surface area contributed by atoms with Crippen LogP contribution in [0.25, 0.3) is 0 Å². The Morgan fingerprint density at radius 3 is 2.19 bits per heavy atom. The summed E-state index contributed by atoms with van der Waals surface area (Å²) in [6, 6.07) is 9.84. The first-order chi connectivity index (χ1) is 12.6. The highest BCUT2D eigenvalue weighted by molar-refractivity contribution is 5.19. The van der Waals surface area contributed by atoms with Crippen molar-refractivity contribution in [3.05, 3.63) is 89.8 Å². The number of aromatic nitrogens is 2. The van der Waals surface area contributed by atoms with E-state index >= 15 is 0 Å². The SMILES string of the molecule is Fc1ccc(CN(CCCn2ccnc2)Cc2cc(F)cc(F)c2)cc1. The summed E-state index contributed by atoms with van der Waals surface area (Å²) in [5.74, 6) is -1.45. The molecule has 3 aromatic rings. The van der Waals surface area contributed by atoms with Gasteiger partial charge < -0.3 is 4.57 Å². The van der Waals surface area contributed by atoms with Crippen molar-refractivity contribution in [2.75, 3.05) is 6.54 Å². The van der Waals surface area contributed by atoms with Gasteiger partial charge in [0.05, 0.1) is 6.33 Å². The van der Waals surface area contributed by atoms with E-state index in [2.05, 4.69) is 9.88 Å². The number of aryl methyl sites for hydroxylation is 1. The van der Waals surface area contributed by atoms with Gasteiger partial charge in [0.25, 0.3) is 0 Å². The fraction of sp³-hybridized carbons (Fsp3) is 0.250. The summed E-state index contributed by atoms with van der Waals surface area (Å²) in [4.78, 5) is 6.11. The van der Waals surface area contributed by atoms with Gasteiger partial charge in [0.2, 0.25) is 0 Å². The van der Waals surface area contributed by atoms with Gasteiger partial charge in [-0.3, -0.25) is 4.90 Å². The van der Waals surface area contributed by atoms with Crippen LogP contribution >= 0.6 is 0 Å². The maximum Gasteiger partial charge on any atom is 0.126 e. The van der Waals surface area contributed by atoms with Crippen LogP contribution in [0.4, 0.5) is 13.2 Å². The van der Waals surface area contributed by atoms with Crippen molar-refractivity contribution in [2.45, 2.75) is 26.1 Å². The lowest BCUT2D eigenvalue weighted by Crippen LogP contribution is -2.25. The van der Waals surface area contributed by atoms with Crippen LogP contribution in [0.3, 0.4) is 0 Å². The summed E-state index contributed by atoms with van der Waals surface area (Å²) < 4.78 is 42.1. The fourth-order valence-electron chi connectivity index (χ4n) is 2.92. The van der Waals surface area contributed by atoms with Gasteiger partial charge in [0.15, 0.2) is 0 Å². The van der Waals surface area contributed by atoms with Gasteiger partial charge in [-0.25, -0.2) is 18.2 Å². The second kappa shape index (κ2) is 8.67. The van der Waals surface area contributed by atoms with E-state index in [1.54, 1.807) is 24.7 Å². The molecule has 136 valence electrons. The van der Waals surface area contributed by atoms with E-state index in [4.69, 9.17) is 0 Å². The molecule has 0 saturated carbocycles. The summed E-state index contributed by atoms with van der Waals surface area (Å²) in [5, 5.41) is 0. The molecule has 0 bridgehead atoms. The molecule has 6 heteroatoms. The largest absolute Gasteiger partial charge is 0.337 e. The topological polar surface area (TPSA) is 21.1 Å². The van der Waals surface area contributed by atoms with Crippen molar-refractivity contribution in [1.29, 1.82) is 0 Å². The zero-order chi connectivity index (χ0) is 18.4. The van der Waals surface area contributed by atoms with Crippen molar-refractivity contribution in [3.8, 4) is 0 Å². The normalized spacial score (nSPS) is 11.2. The summed E-state index contributed by atoms with van der Waals surface area (Å²) in [5.41, 5.74) is 1.53. The standard InChI is InChI=1S/C20H20F3N3/c21-18-4-2-16(3-5-18)13-26(8-1-7-25-9-6-24-15-25)14-17-10-19(22)12-20(23)11-17/h2-6,9-12,15H,1,7-8,13-14H2. The highest BCUT2D eigenvalue weighted by atomic mass is 19.1. The third-order valence-corrected chi connectivity index (χ3v) is 4.10. The van der Waals surface area contributed by atoms with Gasteiger partial charge in [-0.05, 0) is 41.8 Å². The molecule has 0 spiro atoms. The molecule has 0 amide bonds. The van der Waals surface area contributed by atoms with Crippen LogP contribution in [-0.4, -0.2) is 21.0 Å². The van der Waals surface area contributed by atoms with Crippen LogP contribution in [0.2, 0.25) is 0 Å². The monoisotopic (exact) mass is 359 g/mol. The third kappa shape index (κ3) is 5.46. The molecule has 0 radical (unpaired) electrons. The average molecular weight is 359 g/mol. The lowest BCUT2D eigenvalue weighted by molar-refractivity contribution is 0.248. The Morgan fingerprint density at radius 1 is 0.846 bits per heavy atom. The van der Waals surface area contributed by atoms with E-state index in [1.807, 2.05) is 10.8 Å². The van der Waals surface area contributed by atoms with E-state index in [-0.39, 0.29) is 5.82 Å². The van der Waals surface area contributed by atoms with Crippen LogP contribution in [0.15, 0.2) is 61.2 Å². The van der Waals surface area contributed by atoms with Gasteiger partial charge in [0.1, 0.15) is 17.5 Å². The maximum absolute atomic E-state index is 13.5. The number of nitrogens with zero attached hydrogens (tertiary/aromatic N) is 3. The minimum atomic E-state index is -0.583. The first-order valence-corrected chi connectivity index (χ1v) is 8.46. The van der Waals surface area contributed by atoms with E-state index < -0.39 is 11.6 Å². The molecule has 0 fully saturated rings. The van der Waals surface area contributed by atoms with Gasteiger partial charge in [-0.15, -0.1) is 0 Å². The highest BCUT2D eigenvalue weighted by Crippen LogP contribution is 2.14. The summed E-state index contributed by atoms with van der Waals surface area (Å²) >= 11 is 0. The molecular weight excluding hydrogens is 339 g/mol. The van der Waals surface area contributed by atoms with E-state index in [0.29, 0.717) is 18.7 Å². The predicted octanol–water partition coefficient (Wildman–Crippen LogP) is 4.39. The zero-order valence-corrected chi connectivity index (χ0v) is 14.3. The van der Waals surface area contributed by atoms with Crippen LogP contribution in [0.1, 0.15) is 17.5 Å². The molecule has 0 aliphatic rings. The zero-order valence-electron chi connectivity index (χ0n) is 14.3. The van der Waals surface area contributed by atoms with Crippen molar-refractivity contribution in [2.24, 2.45) is 0 Å². The van der Waals surface area contributed by atoms with Crippen LogP contribution in [0.5, 0.6) is 0 Å². The number of halogens is 3. The van der Waals surface area contributed by atoms with Gasteiger partial charge in [-0.2, -0.15) is 0 Å². The molecule has 1 aromatic heterocycles. The minimum absolute atomic E-state index is 0.285. The van der Waals surface area contributed by atoms with Crippen molar-refractivity contribution in [1.82, 2.24) is 14.5 Å². The molecular formula is C20H20F3N3. The number of imidazole rings is 1. The Morgan fingerprint density at radius 2 is 1.54 bits per heavy atom. The lowest BCUT2D eigenvalue weighted by Gasteiger charge is -2.23. The molecule has 3 rings (SSSR count). The van der Waals surface area contributed by atoms with Crippen LogP contribution in [0, 0.1) is 17.5 Å². The van der Waals surface area contributed by atoms with Gasteiger partial charge >= 0.3 is 0 Å². The van der Waals surface area contributed by atoms with Crippen molar-refractivity contribution < 1.29 is 13.2 Å². The Labute approximate surface area is 150 Å². The molecule has 2 aromatic carbocycles. The Hall–Kier alpha value is -2.60. The molecule has 0 aliphatic carbocycles. The number of rotatable bonds is 8. The van der Waals surface area contributed by atoms with Crippen molar-refractivity contribution >= 4 is 0 Å². The molecule has 3 nitrogen and oxygen atoms in total. The Bertz CT molecular complexity index is 797. The second-order valence-electron chi connectivity index (χ2n) is 6.27. The van der Waals surface area contributed by atoms with Crippen molar-refractivity contribution in [3.63, 3.8) is 0 Å². The van der Waals surface area contributed by atoms with Crippen LogP contribution < -0.4 is 0 Å². The average Bonchev–Trinajstić information content (AvgIpc) is 3.09. The molecule has 0 aliphatic heterocycles. The highest BCUT2D eigenvalue weighted by Gasteiger charge is 2.10. The number of benzene rings is 2. The Balaban J connectivity index is 1.67. The molecule has 0 atom stereocenters. The summed E-state index contributed by atoms with van der Waals surface area (Å²) in [6.45, 7) is 2.52. The number of hydrogen-bond acceptors (Lipinski definition) is 2. The molecule has 0 saturated heterocycles. The molecule has 0 N–H and O–H groups in total. The second-order valence-corrected chi connectivity index (χ2v) is 6.27. The first kappa shape index (κ1) is 18.2. The molecule has 1 heterocycles. The maximum atomic E-state index is 13.5. The number of hydrogen-bond donors (Lipinski definition) is 0. The van der Waals surface area contributed by atoms with E-state index in [9.17, 15) is 13.2 Å². The summed E-state index contributed by atoms with van der Waals surface area (Å²) in [6.07, 6.45) is 6.24. The lowest BCUT2D eigenvalue weighted by atomic mass is 10.1. The Kier molecular flexibility index (Phi) is 6.07. The van der Waals surface area contributed by atoms with E-state index in [0.717, 1.165) is 31.1 Å². The first-order valence-electron chi connectivity index (χ1n) is 8.46.